The molecule has 2 aromatic heterocycles. The Balaban J connectivity index is 1.65. The molecule has 1 aromatic carbocycles. The van der Waals surface area contributed by atoms with Crippen LogP contribution in [0.15, 0.2) is 51.0 Å². The lowest BCUT2D eigenvalue weighted by atomic mass is 10.2. The molecule has 5 nitrogen and oxygen atoms in total. The van der Waals surface area contributed by atoms with Crippen LogP contribution in [0.3, 0.4) is 0 Å². The maximum Gasteiger partial charge on any atom is 0.437 e. The third-order valence-corrected chi connectivity index (χ3v) is 3.76. The minimum Gasteiger partial charge on any atom is -0.492 e. The molecule has 108 valence electrons. The standard InChI is InChI=1S/C15H14N2O3S/c1-11-4-2-5-12(10-11)19-8-7-17-15(18)20-14(16-17)13-6-3-9-21-13/h2-6,9-10H,7-8H2,1H3. The van der Waals surface area contributed by atoms with Crippen molar-refractivity contribution >= 4 is 11.3 Å². The first kappa shape index (κ1) is 13.6. The van der Waals surface area contributed by atoms with Crippen LogP contribution in [0.25, 0.3) is 10.8 Å². The number of thiophene rings is 1. The lowest BCUT2D eigenvalue weighted by Crippen LogP contribution is -2.20. The fourth-order valence-corrected chi connectivity index (χ4v) is 2.55. The van der Waals surface area contributed by atoms with E-state index < -0.39 is 5.76 Å². The SMILES string of the molecule is Cc1cccc(OCCn2nc(-c3cccs3)oc2=O)c1. The second kappa shape index (κ2) is 5.97. The van der Waals surface area contributed by atoms with Gasteiger partial charge in [-0.1, -0.05) is 18.2 Å². The first-order chi connectivity index (χ1) is 10.2. The highest BCUT2D eigenvalue weighted by molar-refractivity contribution is 7.13. The fourth-order valence-electron chi connectivity index (χ4n) is 1.90. The Kier molecular flexibility index (Phi) is 3.87. The largest absolute Gasteiger partial charge is 0.492 e. The minimum absolute atomic E-state index is 0.349. The number of aryl methyl sites for hydroxylation is 1. The summed E-state index contributed by atoms with van der Waals surface area (Å²) in [7, 11) is 0. The Morgan fingerprint density at radius 1 is 1.33 bits per heavy atom. The van der Waals surface area contributed by atoms with Crippen LogP contribution in [0.4, 0.5) is 0 Å². The highest BCUT2D eigenvalue weighted by atomic mass is 32.1. The Morgan fingerprint density at radius 2 is 2.24 bits per heavy atom. The number of rotatable bonds is 5. The van der Waals surface area contributed by atoms with E-state index in [-0.39, 0.29) is 0 Å². The lowest BCUT2D eigenvalue weighted by molar-refractivity contribution is 0.285. The van der Waals surface area contributed by atoms with Gasteiger partial charge in [-0.3, -0.25) is 0 Å². The average Bonchev–Trinajstić information content (AvgIpc) is 3.09. The van der Waals surface area contributed by atoms with E-state index in [4.69, 9.17) is 9.15 Å². The van der Waals surface area contributed by atoms with Crippen LogP contribution in [0.2, 0.25) is 0 Å². The van der Waals surface area contributed by atoms with Crippen LogP contribution in [0.5, 0.6) is 5.75 Å². The van der Waals surface area contributed by atoms with Crippen LogP contribution in [0.1, 0.15) is 5.56 Å². The molecule has 0 amide bonds. The van der Waals surface area contributed by atoms with Crippen LogP contribution in [-0.2, 0) is 6.54 Å². The van der Waals surface area contributed by atoms with Gasteiger partial charge in [-0.2, -0.15) is 4.68 Å². The summed E-state index contributed by atoms with van der Waals surface area (Å²) in [4.78, 5) is 12.6. The lowest BCUT2D eigenvalue weighted by Gasteiger charge is -2.05. The number of nitrogens with zero attached hydrogens (tertiary/aromatic N) is 2. The van der Waals surface area contributed by atoms with Crippen LogP contribution in [-0.4, -0.2) is 16.4 Å². The summed E-state index contributed by atoms with van der Waals surface area (Å²) in [6.45, 7) is 2.71. The van der Waals surface area contributed by atoms with Gasteiger partial charge in [0.05, 0.1) is 11.4 Å². The second-order valence-corrected chi connectivity index (χ2v) is 5.49. The normalized spacial score (nSPS) is 10.7. The molecule has 0 spiro atoms. The summed E-state index contributed by atoms with van der Waals surface area (Å²) < 4.78 is 12.0. The van der Waals surface area contributed by atoms with Crippen LogP contribution in [0, 0.1) is 6.92 Å². The molecule has 0 unspecified atom stereocenters. The smallest absolute Gasteiger partial charge is 0.437 e. The summed E-state index contributed by atoms with van der Waals surface area (Å²) in [6.07, 6.45) is 0. The number of benzene rings is 1. The van der Waals surface area contributed by atoms with Crippen LogP contribution >= 0.6 is 11.3 Å². The molecule has 0 aliphatic rings. The van der Waals surface area contributed by atoms with Gasteiger partial charge in [-0.05, 0) is 36.1 Å². The van der Waals surface area contributed by atoms with E-state index >= 15 is 0 Å². The molecular formula is C15H14N2O3S. The van der Waals surface area contributed by atoms with Gasteiger partial charge in [-0.15, -0.1) is 16.4 Å². The molecule has 0 saturated heterocycles. The van der Waals surface area contributed by atoms with E-state index in [2.05, 4.69) is 5.10 Å². The summed E-state index contributed by atoms with van der Waals surface area (Å²) in [5.41, 5.74) is 1.13. The quantitative estimate of drug-likeness (QED) is 0.727. The topological polar surface area (TPSA) is 57.3 Å². The second-order valence-electron chi connectivity index (χ2n) is 4.54. The Morgan fingerprint density at radius 3 is 3.00 bits per heavy atom. The van der Waals surface area contributed by atoms with Crippen molar-refractivity contribution in [2.75, 3.05) is 6.61 Å². The highest BCUT2D eigenvalue weighted by Gasteiger charge is 2.10. The summed E-state index contributed by atoms with van der Waals surface area (Å²) in [6, 6.07) is 11.5. The Labute approximate surface area is 125 Å². The van der Waals surface area contributed by atoms with Gasteiger partial charge in [0, 0.05) is 0 Å². The summed E-state index contributed by atoms with van der Waals surface area (Å²) in [5, 5.41) is 6.08. The highest BCUT2D eigenvalue weighted by Crippen LogP contribution is 2.21. The molecule has 0 saturated carbocycles. The van der Waals surface area contributed by atoms with Crippen molar-refractivity contribution in [2.45, 2.75) is 13.5 Å². The fraction of sp³-hybridized carbons (Fsp3) is 0.200. The molecule has 0 N–H and O–H groups in total. The third kappa shape index (κ3) is 3.22. The number of hydrogen-bond acceptors (Lipinski definition) is 5. The first-order valence-electron chi connectivity index (χ1n) is 6.54. The van der Waals surface area contributed by atoms with Crippen molar-refractivity contribution < 1.29 is 9.15 Å². The van der Waals surface area contributed by atoms with Gasteiger partial charge in [0.25, 0.3) is 5.89 Å². The maximum absolute atomic E-state index is 11.7. The van der Waals surface area contributed by atoms with Crippen molar-refractivity contribution in [3.05, 3.63) is 57.9 Å². The zero-order chi connectivity index (χ0) is 14.7. The van der Waals surface area contributed by atoms with Gasteiger partial charge in [-0.25, -0.2) is 4.79 Å². The zero-order valence-corrected chi connectivity index (χ0v) is 12.3. The van der Waals surface area contributed by atoms with Gasteiger partial charge < -0.3 is 9.15 Å². The molecule has 6 heteroatoms. The van der Waals surface area contributed by atoms with E-state index in [1.807, 2.05) is 48.7 Å². The molecule has 2 heterocycles. The summed E-state index contributed by atoms with van der Waals surface area (Å²) in [5.74, 6) is 0.668. The third-order valence-electron chi connectivity index (χ3n) is 2.90. The molecule has 21 heavy (non-hydrogen) atoms. The van der Waals surface area contributed by atoms with E-state index in [0.29, 0.717) is 19.0 Å². The van der Waals surface area contributed by atoms with Crippen molar-refractivity contribution in [2.24, 2.45) is 0 Å². The van der Waals surface area contributed by atoms with Crippen molar-refractivity contribution in [1.82, 2.24) is 9.78 Å². The molecule has 0 radical (unpaired) electrons. The molecule has 0 fully saturated rings. The first-order valence-corrected chi connectivity index (χ1v) is 7.41. The molecule has 0 atom stereocenters. The molecular weight excluding hydrogens is 288 g/mol. The Bertz CT molecular complexity index is 774. The molecule has 3 aromatic rings. The van der Waals surface area contributed by atoms with Gasteiger partial charge >= 0.3 is 5.76 Å². The van der Waals surface area contributed by atoms with E-state index in [9.17, 15) is 4.79 Å². The maximum atomic E-state index is 11.7. The molecule has 0 aliphatic carbocycles. The minimum atomic E-state index is -0.466. The summed E-state index contributed by atoms with van der Waals surface area (Å²) >= 11 is 1.48. The number of hydrogen-bond donors (Lipinski definition) is 0. The van der Waals surface area contributed by atoms with Crippen molar-refractivity contribution in [1.29, 1.82) is 0 Å². The molecule has 3 rings (SSSR count). The predicted octanol–water partition coefficient (Wildman–Crippen LogP) is 2.95. The van der Waals surface area contributed by atoms with E-state index in [0.717, 1.165) is 16.2 Å². The zero-order valence-electron chi connectivity index (χ0n) is 11.5. The number of aromatic nitrogens is 2. The average molecular weight is 302 g/mol. The van der Waals surface area contributed by atoms with Gasteiger partial charge in [0.1, 0.15) is 12.4 Å². The molecule has 0 bridgehead atoms. The predicted molar refractivity (Wildman–Crippen MR) is 80.8 cm³/mol. The Hall–Kier alpha value is -2.34. The van der Waals surface area contributed by atoms with Crippen molar-refractivity contribution in [3.8, 4) is 16.5 Å². The van der Waals surface area contributed by atoms with E-state index in [1.54, 1.807) is 0 Å². The number of ether oxygens (including phenoxy) is 1. The molecule has 0 aliphatic heterocycles. The van der Waals surface area contributed by atoms with Crippen LogP contribution < -0.4 is 10.5 Å². The van der Waals surface area contributed by atoms with Gasteiger partial charge in [0.2, 0.25) is 0 Å². The van der Waals surface area contributed by atoms with E-state index in [1.165, 1.54) is 16.0 Å². The van der Waals surface area contributed by atoms with Gasteiger partial charge in [0.15, 0.2) is 0 Å². The monoisotopic (exact) mass is 302 g/mol. The van der Waals surface area contributed by atoms with Crippen molar-refractivity contribution in [3.63, 3.8) is 0 Å².